The molecular weight excluding hydrogens is 218 g/mol. The lowest BCUT2D eigenvalue weighted by atomic mass is 10.2. The number of anilines is 2. The van der Waals surface area contributed by atoms with E-state index in [0.29, 0.717) is 29.6 Å². The zero-order valence-corrected chi connectivity index (χ0v) is 9.84. The summed E-state index contributed by atoms with van der Waals surface area (Å²) in [7, 11) is 3.88. The van der Waals surface area contributed by atoms with Crippen molar-refractivity contribution in [1.82, 2.24) is 15.0 Å². The molecule has 0 saturated carbocycles. The molecule has 0 radical (unpaired) electrons. The van der Waals surface area contributed by atoms with Gasteiger partial charge in [-0.1, -0.05) is 5.16 Å². The van der Waals surface area contributed by atoms with E-state index in [4.69, 9.17) is 16.0 Å². The van der Waals surface area contributed by atoms with Crippen LogP contribution in [0.3, 0.4) is 0 Å². The highest BCUT2D eigenvalue weighted by Gasteiger charge is 2.10. The van der Waals surface area contributed by atoms with Crippen molar-refractivity contribution >= 4 is 11.4 Å². The average molecular weight is 233 g/mol. The van der Waals surface area contributed by atoms with Gasteiger partial charge in [0.1, 0.15) is 0 Å². The molecule has 0 saturated heterocycles. The van der Waals surface area contributed by atoms with Crippen molar-refractivity contribution in [2.75, 3.05) is 25.6 Å². The van der Waals surface area contributed by atoms with Crippen LogP contribution in [0.25, 0.3) is 11.5 Å². The highest BCUT2D eigenvalue weighted by atomic mass is 16.5. The summed E-state index contributed by atoms with van der Waals surface area (Å²) in [4.78, 5) is 6.23. The number of nitrogens with zero attached hydrogens (tertiary/aromatic N) is 3. The predicted molar refractivity (Wildman–Crippen MR) is 65.9 cm³/mol. The van der Waals surface area contributed by atoms with Gasteiger partial charge in [-0.3, -0.25) is 0 Å². The molecule has 6 heteroatoms. The molecule has 1 aromatic heterocycles. The van der Waals surface area contributed by atoms with Crippen LogP contribution in [0.1, 0.15) is 5.82 Å². The van der Waals surface area contributed by atoms with E-state index in [1.807, 2.05) is 19.0 Å². The van der Waals surface area contributed by atoms with Gasteiger partial charge in [-0.15, -0.1) is 0 Å². The molecule has 1 heterocycles. The van der Waals surface area contributed by atoms with Crippen LogP contribution in [-0.4, -0.2) is 29.1 Å². The van der Waals surface area contributed by atoms with E-state index in [1.165, 1.54) is 0 Å². The summed E-state index contributed by atoms with van der Waals surface area (Å²) >= 11 is 0. The van der Waals surface area contributed by atoms with Gasteiger partial charge in [-0.25, -0.2) is 0 Å². The Kier molecular flexibility index (Phi) is 2.97. The third kappa shape index (κ3) is 2.73. The molecule has 0 atom stereocenters. The standard InChI is InChI=1S/C11H15N5O/c1-16(2)6-10-14-11(17-15-10)7-3-8(12)5-9(13)4-7/h3-5H,6,12-13H2,1-2H3. The summed E-state index contributed by atoms with van der Waals surface area (Å²) in [5, 5.41) is 3.88. The molecule has 0 aliphatic heterocycles. The minimum atomic E-state index is 0.431. The molecule has 0 unspecified atom stereocenters. The van der Waals surface area contributed by atoms with Crippen molar-refractivity contribution in [1.29, 1.82) is 0 Å². The first-order valence-electron chi connectivity index (χ1n) is 5.18. The van der Waals surface area contributed by atoms with Gasteiger partial charge in [0.25, 0.3) is 5.89 Å². The van der Waals surface area contributed by atoms with Crippen LogP contribution in [0.5, 0.6) is 0 Å². The first-order chi connectivity index (χ1) is 8.04. The molecule has 0 aliphatic carbocycles. The Morgan fingerprint density at radius 3 is 2.41 bits per heavy atom. The van der Waals surface area contributed by atoms with Gasteiger partial charge in [0.2, 0.25) is 0 Å². The van der Waals surface area contributed by atoms with Crippen LogP contribution < -0.4 is 11.5 Å². The van der Waals surface area contributed by atoms with E-state index in [2.05, 4.69) is 10.1 Å². The van der Waals surface area contributed by atoms with Crippen LogP contribution in [0.15, 0.2) is 22.7 Å². The Morgan fingerprint density at radius 1 is 1.18 bits per heavy atom. The second-order valence-electron chi connectivity index (χ2n) is 4.14. The van der Waals surface area contributed by atoms with E-state index in [1.54, 1.807) is 18.2 Å². The first-order valence-corrected chi connectivity index (χ1v) is 5.18. The van der Waals surface area contributed by atoms with Crippen molar-refractivity contribution in [3.05, 3.63) is 24.0 Å². The molecule has 6 nitrogen and oxygen atoms in total. The third-order valence-corrected chi connectivity index (χ3v) is 2.15. The molecule has 0 aliphatic rings. The van der Waals surface area contributed by atoms with E-state index in [0.717, 1.165) is 5.56 Å². The number of nitrogens with two attached hydrogens (primary N) is 2. The number of aromatic nitrogens is 2. The third-order valence-electron chi connectivity index (χ3n) is 2.15. The van der Waals surface area contributed by atoms with Crippen molar-refractivity contribution in [3.8, 4) is 11.5 Å². The minimum absolute atomic E-state index is 0.431. The Hall–Kier alpha value is -2.08. The smallest absolute Gasteiger partial charge is 0.258 e. The molecule has 2 rings (SSSR count). The van der Waals surface area contributed by atoms with E-state index < -0.39 is 0 Å². The molecule has 0 spiro atoms. The van der Waals surface area contributed by atoms with Gasteiger partial charge in [-0.2, -0.15) is 4.98 Å². The van der Waals surface area contributed by atoms with E-state index in [9.17, 15) is 0 Å². The molecule has 0 fully saturated rings. The summed E-state index contributed by atoms with van der Waals surface area (Å²) in [5.74, 6) is 1.06. The van der Waals surface area contributed by atoms with Crippen LogP contribution in [0.4, 0.5) is 11.4 Å². The van der Waals surface area contributed by atoms with Crippen molar-refractivity contribution < 1.29 is 4.52 Å². The highest BCUT2D eigenvalue weighted by Crippen LogP contribution is 2.23. The fourth-order valence-electron chi connectivity index (χ4n) is 1.52. The molecule has 4 N–H and O–H groups in total. The minimum Gasteiger partial charge on any atom is -0.399 e. The van der Waals surface area contributed by atoms with Crippen molar-refractivity contribution in [3.63, 3.8) is 0 Å². The number of rotatable bonds is 3. The lowest BCUT2D eigenvalue weighted by molar-refractivity contribution is 0.365. The SMILES string of the molecule is CN(C)Cc1noc(-c2cc(N)cc(N)c2)n1. The van der Waals surface area contributed by atoms with E-state index >= 15 is 0 Å². The summed E-state index contributed by atoms with van der Waals surface area (Å²) in [6.07, 6.45) is 0. The van der Waals surface area contributed by atoms with Gasteiger partial charge in [0.05, 0.1) is 6.54 Å². The summed E-state index contributed by atoms with van der Waals surface area (Å²) in [6, 6.07) is 5.19. The molecular formula is C11H15N5O. The van der Waals surface area contributed by atoms with Gasteiger partial charge in [-0.05, 0) is 32.3 Å². The molecule has 0 bridgehead atoms. The predicted octanol–water partition coefficient (Wildman–Crippen LogP) is 0.963. The second-order valence-corrected chi connectivity index (χ2v) is 4.14. The Balaban J connectivity index is 2.30. The second kappa shape index (κ2) is 4.42. The lowest BCUT2D eigenvalue weighted by Crippen LogP contribution is -2.11. The number of nitrogen functional groups attached to an aromatic ring is 2. The van der Waals surface area contributed by atoms with Gasteiger partial charge >= 0.3 is 0 Å². The van der Waals surface area contributed by atoms with Crippen LogP contribution >= 0.6 is 0 Å². The fraction of sp³-hybridized carbons (Fsp3) is 0.273. The van der Waals surface area contributed by atoms with Gasteiger partial charge < -0.3 is 20.9 Å². The van der Waals surface area contributed by atoms with Gasteiger partial charge in [0, 0.05) is 16.9 Å². The zero-order valence-electron chi connectivity index (χ0n) is 9.84. The first kappa shape index (κ1) is 11.4. The maximum Gasteiger partial charge on any atom is 0.258 e. The molecule has 90 valence electrons. The summed E-state index contributed by atoms with van der Waals surface area (Å²) in [6.45, 7) is 0.626. The van der Waals surface area contributed by atoms with E-state index in [-0.39, 0.29) is 0 Å². The lowest BCUT2D eigenvalue weighted by Gasteiger charge is -2.03. The number of hydrogen-bond acceptors (Lipinski definition) is 6. The van der Waals surface area contributed by atoms with Crippen LogP contribution in [0.2, 0.25) is 0 Å². The van der Waals surface area contributed by atoms with Crippen molar-refractivity contribution in [2.45, 2.75) is 6.54 Å². The zero-order chi connectivity index (χ0) is 12.4. The Morgan fingerprint density at radius 2 is 1.82 bits per heavy atom. The topological polar surface area (TPSA) is 94.2 Å². The highest BCUT2D eigenvalue weighted by molar-refractivity contribution is 5.66. The van der Waals surface area contributed by atoms with Crippen molar-refractivity contribution in [2.24, 2.45) is 0 Å². The monoisotopic (exact) mass is 233 g/mol. The van der Waals surface area contributed by atoms with Gasteiger partial charge in [0.15, 0.2) is 5.82 Å². The maximum absolute atomic E-state index is 5.71. The normalized spacial score (nSPS) is 11.0. The fourth-order valence-corrected chi connectivity index (χ4v) is 1.52. The van der Waals surface area contributed by atoms with Crippen LogP contribution in [-0.2, 0) is 6.54 Å². The molecule has 0 amide bonds. The average Bonchev–Trinajstić information content (AvgIpc) is 2.63. The molecule has 17 heavy (non-hydrogen) atoms. The Labute approximate surface area is 99.2 Å². The Bertz CT molecular complexity index is 500. The number of hydrogen-bond donors (Lipinski definition) is 2. The number of benzene rings is 1. The molecule has 1 aromatic carbocycles. The molecule has 2 aromatic rings. The quantitative estimate of drug-likeness (QED) is 0.767. The maximum atomic E-state index is 5.71. The summed E-state index contributed by atoms with van der Waals surface area (Å²) in [5.41, 5.74) is 13.3. The largest absolute Gasteiger partial charge is 0.399 e. The van der Waals surface area contributed by atoms with Crippen LogP contribution in [0, 0.1) is 0 Å². The summed E-state index contributed by atoms with van der Waals surface area (Å²) < 4.78 is 5.16.